The number of nitrogens with zero attached hydrogens (tertiary/aromatic N) is 4. The quantitative estimate of drug-likeness (QED) is 0.504. The Morgan fingerprint density at radius 1 is 0.775 bits per heavy atom. The molecule has 0 saturated carbocycles. The van der Waals surface area contributed by atoms with E-state index in [1.54, 1.807) is 42.6 Å². The minimum atomic E-state index is -0.308. The van der Waals surface area contributed by atoms with E-state index < -0.39 is 0 Å². The lowest BCUT2D eigenvalue weighted by atomic mass is 10.1. The highest BCUT2D eigenvalue weighted by atomic mass is 16.7. The summed E-state index contributed by atoms with van der Waals surface area (Å²) >= 11 is 0. The molecule has 11 heteroatoms. The number of fused-ring (bicyclic) bond motifs is 1. The average molecular weight is 543 g/mol. The molecule has 0 atom stereocenters. The average Bonchev–Trinajstić information content (AvgIpc) is 3.49. The Morgan fingerprint density at radius 3 is 2.23 bits per heavy atom. The SMILES string of the molecule is O=C(Nc1cc(C(=O)N2CCNCC2)ccc1N1CCN(C(=O)c2ccc3c(c2)OCO3)CC1)c1cccnc1. The first-order valence-corrected chi connectivity index (χ1v) is 13.4. The summed E-state index contributed by atoms with van der Waals surface area (Å²) in [6.07, 6.45) is 3.12. The van der Waals surface area contributed by atoms with Gasteiger partial charge in [0.25, 0.3) is 17.7 Å². The number of hydrogen-bond donors (Lipinski definition) is 2. The van der Waals surface area contributed by atoms with Crippen molar-refractivity contribution in [3.8, 4) is 11.5 Å². The maximum absolute atomic E-state index is 13.2. The van der Waals surface area contributed by atoms with Crippen molar-refractivity contribution >= 4 is 29.1 Å². The van der Waals surface area contributed by atoms with Gasteiger partial charge in [-0.25, -0.2) is 0 Å². The van der Waals surface area contributed by atoms with Gasteiger partial charge in [-0.05, 0) is 48.5 Å². The van der Waals surface area contributed by atoms with Crippen LogP contribution >= 0.6 is 0 Å². The molecule has 40 heavy (non-hydrogen) atoms. The molecule has 3 amide bonds. The molecule has 206 valence electrons. The van der Waals surface area contributed by atoms with E-state index in [4.69, 9.17) is 9.47 Å². The molecular weight excluding hydrogens is 512 g/mol. The van der Waals surface area contributed by atoms with Gasteiger partial charge in [-0.3, -0.25) is 19.4 Å². The third-order valence-corrected chi connectivity index (χ3v) is 7.35. The minimum absolute atomic E-state index is 0.0657. The van der Waals surface area contributed by atoms with E-state index in [0.717, 1.165) is 18.8 Å². The van der Waals surface area contributed by atoms with Gasteiger partial charge in [0.1, 0.15) is 0 Å². The van der Waals surface area contributed by atoms with Crippen molar-refractivity contribution in [1.29, 1.82) is 0 Å². The van der Waals surface area contributed by atoms with E-state index >= 15 is 0 Å². The van der Waals surface area contributed by atoms with Crippen LogP contribution < -0.4 is 25.0 Å². The first-order chi connectivity index (χ1) is 19.6. The Kier molecular flexibility index (Phi) is 7.19. The second-order valence-electron chi connectivity index (χ2n) is 9.82. The van der Waals surface area contributed by atoms with E-state index in [1.165, 1.54) is 6.20 Å². The molecule has 11 nitrogen and oxygen atoms in total. The van der Waals surface area contributed by atoms with Crippen molar-refractivity contribution in [2.45, 2.75) is 0 Å². The second kappa shape index (κ2) is 11.2. The predicted octanol–water partition coefficient (Wildman–Crippen LogP) is 2.07. The normalized spacial score (nSPS) is 16.6. The van der Waals surface area contributed by atoms with Crippen LogP contribution in [0.5, 0.6) is 11.5 Å². The van der Waals surface area contributed by atoms with Gasteiger partial charge in [0.15, 0.2) is 11.5 Å². The van der Waals surface area contributed by atoms with E-state index in [9.17, 15) is 14.4 Å². The van der Waals surface area contributed by atoms with E-state index in [2.05, 4.69) is 20.5 Å². The van der Waals surface area contributed by atoms with Crippen LogP contribution in [0.2, 0.25) is 0 Å². The van der Waals surface area contributed by atoms with Crippen LogP contribution in [0.3, 0.4) is 0 Å². The Balaban J connectivity index is 1.20. The molecule has 3 aliphatic rings. The predicted molar refractivity (Wildman–Crippen MR) is 148 cm³/mol. The number of pyridine rings is 1. The number of piperazine rings is 2. The number of benzene rings is 2. The molecule has 1 aromatic heterocycles. The fraction of sp³-hybridized carbons (Fsp3) is 0.310. The van der Waals surface area contributed by atoms with Crippen molar-refractivity contribution in [2.24, 2.45) is 0 Å². The van der Waals surface area contributed by atoms with Crippen LogP contribution in [-0.2, 0) is 0 Å². The van der Waals surface area contributed by atoms with Gasteiger partial charge in [0.2, 0.25) is 6.79 Å². The fourth-order valence-corrected chi connectivity index (χ4v) is 5.15. The number of anilines is 2. The largest absolute Gasteiger partial charge is 0.454 e. The number of carbonyl (C=O) groups is 3. The Morgan fingerprint density at radius 2 is 1.48 bits per heavy atom. The van der Waals surface area contributed by atoms with Gasteiger partial charge >= 0.3 is 0 Å². The number of nitrogens with one attached hydrogen (secondary N) is 2. The van der Waals surface area contributed by atoms with E-state index in [1.807, 2.05) is 21.9 Å². The second-order valence-corrected chi connectivity index (χ2v) is 9.82. The third kappa shape index (κ3) is 5.28. The number of hydrogen-bond acceptors (Lipinski definition) is 8. The van der Waals surface area contributed by atoms with Crippen LogP contribution in [0.1, 0.15) is 31.1 Å². The number of rotatable bonds is 5. The molecule has 3 aliphatic heterocycles. The van der Waals surface area contributed by atoms with Crippen LogP contribution in [0.25, 0.3) is 0 Å². The number of aromatic nitrogens is 1. The molecule has 6 rings (SSSR count). The highest BCUT2D eigenvalue weighted by Crippen LogP contribution is 2.33. The van der Waals surface area contributed by atoms with Gasteiger partial charge < -0.3 is 34.8 Å². The van der Waals surface area contributed by atoms with Crippen molar-refractivity contribution in [1.82, 2.24) is 20.1 Å². The summed E-state index contributed by atoms with van der Waals surface area (Å²) in [5.74, 6) is 0.775. The maximum atomic E-state index is 13.2. The summed E-state index contributed by atoms with van der Waals surface area (Å²) in [7, 11) is 0. The van der Waals surface area contributed by atoms with Crippen molar-refractivity contribution in [2.75, 3.05) is 69.4 Å². The number of amides is 3. The summed E-state index contributed by atoms with van der Waals surface area (Å²) in [6.45, 7) is 5.08. The smallest absolute Gasteiger partial charge is 0.257 e. The van der Waals surface area contributed by atoms with Gasteiger partial charge in [0, 0.05) is 75.9 Å². The molecule has 0 unspecified atom stereocenters. The van der Waals surface area contributed by atoms with E-state index in [0.29, 0.717) is 73.1 Å². The summed E-state index contributed by atoms with van der Waals surface area (Å²) in [5.41, 5.74) is 2.84. The lowest BCUT2D eigenvalue weighted by molar-refractivity contribution is 0.0731. The summed E-state index contributed by atoms with van der Waals surface area (Å²) in [5, 5.41) is 6.25. The molecular formula is C29H30N6O5. The van der Waals surface area contributed by atoms with Crippen molar-refractivity contribution < 1.29 is 23.9 Å². The highest BCUT2D eigenvalue weighted by Gasteiger charge is 2.27. The van der Waals surface area contributed by atoms with E-state index in [-0.39, 0.29) is 24.5 Å². The lowest BCUT2D eigenvalue weighted by Gasteiger charge is -2.37. The third-order valence-electron chi connectivity index (χ3n) is 7.35. The zero-order chi connectivity index (χ0) is 27.5. The molecule has 0 radical (unpaired) electrons. The summed E-state index contributed by atoms with van der Waals surface area (Å²) < 4.78 is 10.8. The molecule has 2 aromatic carbocycles. The Labute approximate surface area is 231 Å². The van der Waals surface area contributed by atoms with Gasteiger partial charge in [0.05, 0.1) is 16.9 Å². The zero-order valence-corrected chi connectivity index (χ0v) is 22.0. The molecule has 2 N–H and O–H groups in total. The number of carbonyl (C=O) groups excluding carboxylic acids is 3. The van der Waals surface area contributed by atoms with Crippen LogP contribution in [0, 0.1) is 0 Å². The van der Waals surface area contributed by atoms with Crippen molar-refractivity contribution in [3.63, 3.8) is 0 Å². The van der Waals surface area contributed by atoms with Crippen LogP contribution in [-0.4, -0.2) is 91.7 Å². The van der Waals surface area contributed by atoms with Crippen LogP contribution in [0.15, 0.2) is 60.9 Å². The zero-order valence-electron chi connectivity index (χ0n) is 22.0. The highest BCUT2D eigenvalue weighted by molar-refractivity contribution is 6.07. The topological polar surface area (TPSA) is 116 Å². The van der Waals surface area contributed by atoms with Crippen molar-refractivity contribution in [3.05, 3.63) is 77.6 Å². The molecule has 4 heterocycles. The first-order valence-electron chi connectivity index (χ1n) is 13.4. The minimum Gasteiger partial charge on any atom is -0.454 e. The van der Waals surface area contributed by atoms with Crippen LogP contribution in [0.4, 0.5) is 11.4 Å². The van der Waals surface area contributed by atoms with Gasteiger partial charge in [-0.2, -0.15) is 0 Å². The summed E-state index contributed by atoms with van der Waals surface area (Å²) in [6, 6.07) is 14.1. The monoisotopic (exact) mass is 542 g/mol. The summed E-state index contributed by atoms with van der Waals surface area (Å²) in [4.78, 5) is 49.3. The maximum Gasteiger partial charge on any atom is 0.257 e. The Bertz CT molecular complexity index is 1420. The molecule has 0 bridgehead atoms. The molecule has 2 fully saturated rings. The first kappa shape index (κ1) is 25.6. The lowest BCUT2D eigenvalue weighted by Crippen LogP contribution is -2.49. The Hall–Kier alpha value is -4.64. The molecule has 3 aromatic rings. The fourth-order valence-electron chi connectivity index (χ4n) is 5.15. The van der Waals surface area contributed by atoms with Gasteiger partial charge in [-0.15, -0.1) is 0 Å². The molecule has 0 spiro atoms. The standard InChI is InChI=1S/C29H30N6O5/c36-27(22-2-1-7-31-18-22)32-23-16-20(28(37)34-10-8-30-9-11-34)3-5-24(23)33-12-14-35(15-13-33)29(38)21-4-6-25-26(17-21)40-19-39-25/h1-7,16-18,30H,8-15,19H2,(H,32,36). The number of ether oxygens (including phenoxy) is 2. The molecule has 2 saturated heterocycles. The van der Waals surface area contributed by atoms with Gasteiger partial charge in [-0.1, -0.05) is 0 Å². The molecule has 0 aliphatic carbocycles.